The molecule has 7 nitrogen and oxygen atoms in total. The maximum atomic E-state index is 11.7. The minimum atomic E-state index is -0.774. The lowest BCUT2D eigenvalue weighted by Gasteiger charge is -2.15. The fourth-order valence-corrected chi connectivity index (χ4v) is 1.93. The SMILES string of the molecule is Cc1[nH]ncc1CNC(=O)NC(C)CCCC(C)C(=O)O. The van der Waals surface area contributed by atoms with Gasteiger partial charge in [0, 0.05) is 23.8 Å². The van der Waals surface area contributed by atoms with Gasteiger partial charge in [0.2, 0.25) is 0 Å². The molecule has 1 heterocycles. The first-order chi connectivity index (χ1) is 9.90. The predicted octanol–water partition coefficient (Wildman–Crippen LogP) is 1.80. The Morgan fingerprint density at radius 2 is 2.10 bits per heavy atom. The van der Waals surface area contributed by atoms with Crippen LogP contribution in [0.4, 0.5) is 4.79 Å². The third kappa shape index (κ3) is 6.29. The molecular formula is C14H24N4O3. The molecule has 0 spiro atoms. The number of carboxylic acid groups (broad SMARTS) is 1. The van der Waals surface area contributed by atoms with Gasteiger partial charge in [-0.3, -0.25) is 9.89 Å². The number of hydrogen-bond acceptors (Lipinski definition) is 3. The Labute approximate surface area is 124 Å². The molecule has 7 heteroatoms. The maximum absolute atomic E-state index is 11.7. The zero-order valence-corrected chi connectivity index (χ0v) is 12.8. The summed E-state index contributed by atoms with van der Waals surface area (Å²) in [4.78, 5) is 22.4. The molecule has 4 N–H and O–H groups in total. The fourth-order valence-electron chi connectivity index (χ4n) is 1.93. The van der Waals surface area contributed by atoms with Crippen molar-refractivity contribution in [1.29, 1.82) is 0 Å². The molecule has 2 unspecified atom stereocenters. The average Bonchev–Trinajstić information content (AvgIpc) is 2.81. The zero-order chi connectivity index (χ0) is 15.8. The Morgan fingerprint density at radius 1 is 1.38 bits per heavy atom. The van der Waals surface area contributed by atoms with Crippen molar-refractivity contribution in [3.05, 3.63) is 17.5 Å². The number of aromatic amines is 1. The number of aryl methyl sites for hydroxylation is 1. The molecule has 118 valence electrons. The van der Waals surface area contributed by atoms with Crippen LogP contribution in [-0.2, 0) is 11.3 Å². The zero-order valence-electron chi connectivity index (χ0n) is 12.8. The van der Waals surface area contributed by atoms with Gasteiger partial charge in [-0.15, -0.1) is 0 Å². The lowest BCUT2D eigenvalue weighted by Crippen LogP contribution is -2.40. The van der Waals surface area contributed by atoms with Crippen LogP contribution in [0.2, 0.25) is 0 Å². The number of rotatable bonds is 8. The van der Waals surface area contributed by atoms with Crippen molar-refractivity contribution >= 4 is 12.0 Å². The van der Waals surface area contributed by atoms with E-state index in [-0.39, 0.29) is 18.0 Å². The summed E-state index contributed by atoms with van der Waals surface area (Å²) in [6.07, 6.45) is 3.84. The van der Waals surface area contributed by atoms with E-state index in [9.17, 15) is 9.59 Å². The number of carboxylic acids is 1. The molecule has 0 aromatic carbocycles. The molecule has 21 heavy (non-hydrogen) atoms. The molecule has 0 bridgehead atoms. The van der Waals surface area contributed by atoms with Crippen LogP contribution in [0.3, 0.4) is 0 Å². The highest BCUT2D eigenvalue weighted by atomic mass is 16.4. The molecule has 1 aromatic rings. The summed E-state index contributed by atoms with van der Waals surface area (Å²) >= 11 is 0. The third-order valence-electron chi connectivity index (χ3n) is 3.45. The molecule has 0 radical (unpaired) electrons. The molecule has 2 atom stereocenters. The lowest BCUT2D eigenvalue weighted by molar-refractivity contribution is -0.141. The summed E-state index contributed by atoms with van der Waals surface area (Å²) in [5.41, 5.74) is 1.89. The highest BCUT2D eigenvalue weighted by molar-refractivity contribution is 5.74. The van der Waals surface area contributed by atoms with E-state index in [0.717, 1.165) is 24.1 Å². The number of urea groups is 1. The molecule has 1 rings (SSSR count). The molecule has 0 aliphatic heterocycles. The van der Waals surface area contributed by atoms with Crippen molar-refractivity contribution in [2.45, 2.75) is 52.6 Å². The second-order valence-corrected chi connectivity index (χ2v) is 5.42. The van der Waals surface area contributed by atoms with Crippen LogP contribution in [0.5, 0.6) is 0 Å². The Hall–Kier alpha value is -2.05. The highest BCUT2D eigenvalue weighted by Crippen LogP contribution is 2.09. The van der Waals surface area contributed by atoms with Crippen LogP contribution in [0, 0.1) is 12.8 Å². The van der Waals surface area contributed by atoms with Crippen LogP contribution in [0.25, 0.3) is 0 Å². The van der Waals surface area contributed by atoms with E-state index in [1.165, 1.54) is 0 Å². The Balaban J connectivity index is 2.19. The van der Waals surface area contributed by atoms with Crippen LogP contribution < -0.4 is 10.6 Å². The molecule has 0 saturated heterocycles. The second kappa shape index (κ2) is 8.28. The number of H-pyrrole nitrogens is 1. The molecule has 1 aromatic heterocycles. The minimum Gasteiger partial charge on any atom is -0.481 e. The maximum Gasteiger partial charge on any atom is 0.315 e. The van der Waals surface area contributed by atoms with Gasteiger partial charge in [-0.05, 0) is 26.7 Å². The second-order valence-electron chi connectivity index (χ2n) is 5.42. The summed E-state index contributed by atoms with van der Waals surface area (Å²) in [5, 5.41) is 21.1. The summed E-state index contributed by atoms with van der Waals surface area (Å²) in [5.74, 6) is -1.11. The Bertz CT molecular complexity index is 473. The van der Waals surface area contributed by atoms with Gasteiger partial charge < -0.3 is 15.7 Å². The number of aliphatic carboxylic acids is 1. The van der Waals surface area contributed by atoms with E-state index < -0.39 is 5.97 Å². The van der Waals surface area contributed by atoms with Crippen molar-refractivity contribution in [2.75, 3.05) is 0 Å². The number of hydrogen-bond donors (Lipinski definition) is 4. The molecular weight excluding hydrogens is 272 g/mol. The fraction of sp³-hybridized carbons (Fsp3) is 0.643. The topological polar surface area (TPSA) is 107 Å². The van der Waals surface area contributed by atoms with Crippen molar-refractivity contribution in [2.24, 2.45) is 5.92 Å². The Kier molecular flexibility index (Phi) is 6.71. The van der Waals surface area contributed by atoms with Gasteiger partial charge in [-0.25, -0.2) is 4.79 Å². The van der Waals surface area contributed by atoms with Crippen molar-refractivity contribution < 1.29 is 14.7 Å². The smallest absolute Gasteiger partial charge is 0.315 e. The van der Waals surface area contributed by atoms with Gasteiger partial charge in [0.15, 0.2) is 0 Å². The van der Waals surface area contributed by atoms with Gasteiger partial charge in [0.1, 0.15) is 0 Å². The van der Waals surface area contributed by atoms with E-state index in [2.05, 4.69) is 20.8 Å². The molecule has 0 fully saturated rings. The Morgan fingerprint density at radius 3 is 2.67 bits per heavy atom. The number of aromatic nitrogens is 2. The third-order valence-corrected chi connectivity index (χ3v) is 3.45. The van der Waals surface area contributed by atoms with Crippen LogP contribution in [-0.4, -0.2) is 33.3 Å². The van der Waals surface area contributed by atoms with Gasteiger partial charge in [-0.2, -0.15) is 5.10 Å². The first-order valence-electron chi connectivity index (χ1n) is 7.16. The summed E-state index contributed by atoms with van der Waals surface area (Å²) in [6, 6.07) is -0.217. The summed E-state index contributed by atoms with van der Waals surface area (Å²) in [6.45, 7) is 5.93. The number of nitrogens with zero attached hydrogens (tertiary/aromatic N) is 1. The summed E-state index contributed by atoms with van der Waals surface area (Å²) in [7, 11) is 0. The first kappa shape index (κ1) is 17.0. The molecule has 0 aliphatic carbocycles. The number of amides is 2. The monoisotopic (exact) mass is 296 g/mol. The van der Waals surface area contributed by atoms with Crippen molar-refractivity contribution in [3.8, 4) is 0 Å². The lowest BCUT2D eigenvalue weighted by atomic mass is 10.0. The van der Waals surface area contributed by atoms with Crippen molar-refractivity contribution in [1.82, 2.24) is 20.8 Å². The first-order valence-corrected chi connectivity index (χ1v) is 7.16. The molecule has 0 aliphatic rings. The summed E-state index contributed by atoms with van der Waals surface area (Å²) < 4.78 is 0. The normalized spacial score (nSPS) is 13.5. The van der Waals surface area contributed by atoms with E-state index in [1.54, 1.807) is 13.1 Å². The van der Waals surface area contributed by atoms with Crippen molar-refractivity contribution in [3.63, 3.8) is 0 Å². The standard InChI is InChI=1S/C14H24N4O3/c1-9(13(19)20)5-4-6-10(2)17-14(21)15-7-12-8-16-18-11(12)3/h8-10H,4-7H2,1-3H3,(H,16,18)(H,19,20)(H2,15,17,21). The molecule has 0 saturated carbocycles. The number of nitrogens with one attached hydrogen (secondary N) is 3. The minimum absolute atomic E-state index is 0.0106. The van der Waals surface area contributed by atoms with Crippen LogP contribution >= 0.6 is 0 Å². The molecule has 2 amide bonds. The average molecular weight is 296 g/mol. The highest BCUT2D eigenvalue weighted by Gasteiger charge is 2.12. The largest absolute Gasteiger partial charge is 0.481 e. The number of carbonyl (C=O) groups is 2. The van der Waals surface area contributed by atoms with E-state index in [0.29, 0.717) is 13.0 Å². The van der Waals surface area contributed by atoms with E-state index >= 15 is 0 Å². The quantitative estimate of drug-likeness (QED) is 0.586. The predicted molar refractivity (Wildman–Crippen MR) is 78.8 cm³/mol. The van der Waals surface area contributed by atoms with Gasteiger partial charge in [0.25, 0.3) is 0 Å². The van der Waals surface area contributed by atoms with Gasteiger partial charge >= 0.3 is 12.0 Å². The van der Waals surface area contributed by atoms with E-state index in [1.807, 2.05) is 13.8 Å². The number of carbonyl (C=O) groups excluding carboxylic acids is 1. The van der Waals surface area contributed by atoms with Crippen LogP contribution in [0.15, 0.2) is 6.20 Å². The van der Waals surface area contributed by atoms with Gasteiger partial charge in [0.05, 0.1) is 12.1 Å². The van der Waals surface area contributed by atoms with E-state index in [4.69, 9.17) is 5.11 Å². The van der Waals surface area contributed by atoms with Gasteiger partial charge in [-0.1, -0.05) is 13.3 Å². The van der Waals surface area contributed by atoms with Crippen LogP contribution in [0.1, 0.15) is 44.4 Å².